The lowest BCUT2D eigenvalue weighted by Crippen LogP contribution is -2.15. The molecule has 1 saturated carbocycles. The fraction of sp³-hybridized carbons (Fsp3) is 0.375. The summed E-state index contributed by atoms with van der Waals surface area (Å²) in [6.45, 7) is 1.70. The second-order valence-corrected chi connectivity index (χ2v) is 5.75. The fourth-order valence-electron chi connectivity index (χ4n) is 2.74. The number of nitrogens with zero attached hydrogens (tertiary/aromatic N) is 4. The van der Waals surface area contributed by atoms with Gasteiger partial charge < -0.3 is 9.88 Å². The third-order valence-corrected chi connectivity index (χ3v) is 4.18. The van der Waals surface area contributed by atoms with Crippen LogP contribution in [0, 0.1) is 0 Å². The van der Waals surface area contributed by atoms with E-state index in [1.165, 1.54) is 29.3 Å². The third-order valence-electron chi connectivity index (χ3n) is 4.18. The molecular weight excluding hydrogens is 262 g/mol. The van der Waals surface area contributed by atoms with E-state index in [1.54, 1.807) is 6.33 Å². The van der Waals surface area contributed by atoms with Gasteiger partial charge in [-0.05, 0) is 30.5 Å². The average Bonchev–Trinajstić information content (AvgIpc) is 3.11. The molecule has 0 saturated heterocycles. The normalized spacial score (nSPS) is 14.9. The zero-order valence-electron chi connectivity index (χ0n) is 12.2. The second-order valence-electron chi connectivity index (χ2n) is 5.75. The van der Waals surface area contributed by atoms with Gasteiger partial charge in [-0.25, -0.2) is 4.98 Å². The van der Waals surface area contributed by atoms with Gasteiger partial charge >= 0.3 is 0 Å². The Morgan fingerprint density at radius 1 is 1.29 bits per heavy atom. The van der Waals surface area contributed by atoms with Gasteiger partial charge in [-0.1, -0.05) is 12.1 Å². The van der Waals surface area contributed by atoms with Crippen LogP contribution in [0.4, 0.5) is 0 Å². The Labute approximate surface area is 123 Å². The molecule has 1 aliphatic rings. The van der Waals surface area contributed by atoms with Gasteiger partial charge in [-0.3, -0.25) is 4.68 Å². The number of hydrogen-bond acceptors (Lipinski definition) is 3. The summed E-state index contributed by atoms with van der Waals surface area (Å²) in [7, 11) is 1.93. The minimum Gasteiger partial charge on any atom is -0.340 e. The maximum atomic E-state index is 4.31. The molecule has 108 valence electrons. The van der Waals surface area contributed by atoms with Crippen LogP contribution < -0.4 is 5.32 Å². The first-order chi connectivity index (χ1) is 10.3. The molecule has 21 heavy (non-hydrogen) atoms. The van der Waals surface area contributed by atoms with Crippen LogP contribution in [0.15, 0.2) is 36.8 Å². The molecule has 1 aromatic carbocycles. The standard InChI is InChI=1S/C16H19N5/c1-20-16(18-11-19-20)10-21-8-7-14-12(3-2-4-15(14)21)9-17-13-5-6-13/h2-4,7-8,11,13,17H,5-6,9-10H2,1H3. The quantitative estimate of drug-likeness (QED) is 0.779. The number of nitrogens with one attached hydrogen (secondary N) is 1. The van der Waals surface area contributed by atoms with Crippen LogP contribution in [-0.2, 0) is 20.1 Å². The summed E-state index contributed by atoms with van der Waals surface area (Å²) >= 11 is 0. The van der Waals surface area contributed by atoms with Gasteiger partial charge in [-0.2, -0.15) is 5.10 Å². The molecular formula is C16H19N5. The zero-order chi connectivity index (χ0) is 14.2. The summed E-state index contributed by atoms with van der Waals surface area (Å²) in [5.41, 5.74) is 2.63. The van der Waals surface area contributed by atoms with Gasteiger partial charge in [0.25, 0.3) is 0 Å². The van der Waals surface area contributed by atoms with Gasteiger partial charge in [0.2, 0.25) is 0 Å². The molecule has 4 rings (SSSR count). The van der Waals surface area contributed by atoms with Crippen molar-refractivity contribution in [3.8, 4) is 0 Å². The maximum Gasteiger partial charge on any atom is 0.146 e. The maximum absolute atomic E-state index is 4.31. The molecule has 2 aromatic heterocycles. The third kappa shape index (κ3) is 2.45. The van der Waals surface area contributed by atoms with Crippen molar-refractivity contribution in [2.45, 2.75) is 32.0 Å². The molecule has 0 amide bonds. The van der Waals surface area contributed by atoms with Crippen molar-refractivity contribution in [1.29, 1.82) is 0 Å². The first-order valence-corrected chi connectivity index (χ1v) is 7.44. The van der Waals surface area contributed by atoms with Crippen molar-refractivity contribution in [2.24, 2.45) is 7.05 Å². The van der Waals surface area contributed by atoms with Gasteiger partial charge in [0, 0.05) is 36.7 Å². The highest BCUT2D eigenvalue weighted by Crippen LogP contribution is 2.23. The van der Waals surface area contributed by atoms with E-state index < -0.39 is 0 Å². The molecule has 5 heteroatoms. The number of aryl methyl sites for hydroxylation is 1. The molecule has 2 heterocycles. The van der Waals surface area contributed by atoms with Gasteiger partial charge in [0.05, 0.1) is 6.54 Å². The van der Waals surface area contributed by atoms with Crippen LogP contribution in [0.3, 0.4) is 0 Å². The SMILES string of the molecule is Cn1ncnc1Cn1ccc2c(CNC3CC3)cccc21. The summed E-state index contributed by atoms with van der Waals surface area (Å²) in [6, 6.07) is 9.46. The Morgan fingerprint density at radius 3 is 2.95 bits per heavy atom. The first kappa shape index (κ1) is 12.6. The number of benzene rings is 1. The Balaban J connectivity index is 1.64. The second kappa shape index (κ2) is 5.00. The largest absolute Gasteiger partial charge is 0.340 e. The number of fused-ring (bicyclic) bond motifs is 1. The van der Waals surface area contributed by atoms with E-state index in [9.17, 15) is 0 Å². The van der Waals surface area contributed by atoms with Crippen LogP contribution in [0.1, 0.15) is 24.2 Å². The Kier molecular flexibility index (Phi) is 3.00. The highest BCUT2D eigenvalue weighted by atomic mass is 15.3. The first-order valence-electron chi connectivity index (χ1n) is 7.44. The van der Waals surface area contributed by atoms with E-state index in [-0.39, 0.29) is 0 Å². The molecule has 0 atom stereocenters. The Bertz CT molecular complexity index is 766. The minimum atomic E-state index is 0.737. The lowest BCUT2D eigenvalue weighted by Gasteiger charge is -2.08. The lowest BCUT2D eigenvalue weighted by molar-refractivity contribution is 0.664. The predicted octanol–water partition coefficient (Wildman–Crippen LogP) is 2.07. The molecule has 1 aliphatic carbocycles. The molecule has 0 radical (unpaired) electrons. The highest BCUT2D eigenvalue weighted by Gasteiger charge is 2.20. The van der Waals surface area contributed by atoms with Crippen molar-refractivity contribution >= 4 is 10.9 Å². The topological polar surface area (TPSA) is 47.7 Å². The van der Waals surface area contributed by atoms with Crippen molar-refractivity contribution in [3.63, 3.8) is 0 Å². The molecule has 5 nitrogen and oxygen atoms in total. The van der Waals surface area contributed by atoms with E-state index in [0.29, 0.717) is 0 Å². The van der Waals surface area contributed by atoms with Crippen LogP contribution >= 0.6 is 0 Å². The summed E-state index contributed by atoms with van der Waals surface area (Å²) in [6.07, 6.45) is 6.39. The van der Waals surface area contributed by atoms with Crippen molar-refractivity contribution in [2.75, 3.05) is 0 Å². The number of rotatable bonds is 5. The monoisotopic (exact) mass is 281 g/mol. The molecule has 3 aromatic rings. The summed E-state index contributed by atoms with van der Waals surface area (Å²) < 4.78 is 4.06. The molecule has 1 N–H and O–H groups in total. The molecule has 0 spiro atoms. The average molecular weight is 281 g/mol. The Morgan fingerprint density at radius 2 is 2.19 bits per heavy atom. The number of aromatic nitrogens is 4. The van der Waals surface area contributed by atoms with E-state index in [2.05, 4.69) is 50.4 Å². The van der Waals surface area contributed by atoms with Crippen molar-refractivity contribution in [1.82, 2.24) is 24.6 Å². The van der Waals surface area contributed by atoms with E-state index in [1.807, 2.05) is 11.7 Å². The molecule has 0 aliphatic heterocycles. The zero-order valence-corrected chi connectivity index (χ0v) is 12.2. The highest BCUT2D eigenvalue weighted by molar-refractivity contribution is 5.83. The van der Waals surface area contributed by atoms with Crippen LogP contribution in [-0.4, -0.2) is 25.4 Å². The fourth-order valence-corrected chi connectivity index (χ4v) is 2.74. The molecule has 0 bridgehead atoms. The summed E-state index contributed by atoms with van der Waals surface area (Å²) in [4.78, 5) is 4.31. The predicted molar refractivity (Wildman–Crippen MR) is 81.9 cm³/mol. The summed E-state index contributed by atoms with van der Waals surface area (Å²) in [5, 5.41) is 9.05. The van der Waals surface area contributed by atoms with Crippen LogP contribution in [0.25, 0.3) is 10.9 Å². The molecule has 0 unspecified atom stereocenters. The van der Waals surface area contributed by atoms with Gasteiger partial charge in [0.1, 0.15) is 12.2 Å². The smallest absolute Gasteiger partial charge is 0.146 e. The van der Waals surface area contributed by atoms with Crippen LogP contribution in [0.2, 0.25) is 0 Å². The van der Waals surface area contributed by atoms with Crippen LogP contribution in [0.5, 0.6) is 0 Å². The minimum absolute atomic E-state index is 0.737. The number of hydrogen-bond donors (Lipinski definition) is 1. The van der Waals surface area contributed by atoms with E-state index in [4.69, 9.17) is 0 Å². The van der Waals surface area contributed by atoms with Gasteiger partial charge in [0.15, 0.2) is 0 Å². The lowest BCUT2D eigenvalue weighted by atomic mass is 10.1. The van der Waals surface area contributed by atoms with E-state index >= 15 is 0 Å². The van der Waals surface area contributed by atoms with Crippen molar-refractivity contribution < 1.29 is 0 Å². The van der Waals surface area contributed by atoms with E-state index in [0.717, 1.165) is 25.0 Å². The molecule has 1 fully saturated rings. The van der Waals surface area contributed by atoms with Gasteiger partial charge in [-0.15, -0.1) is 0 Å². The van der Waals surface area contributed by atoms with Crippen molar-refractivity contribution in [3.05, 3.63) is 48.2 Å². The summed E-state index contributed by atoms with van der Waals surface area (Å²) in [5.74, 6) is 0.967. The Hall–Kier alpha value is -2.14.